The van der Waals surface area contributed by atoms with E-state index in [0.29, 0.717) is 6.04 Å². The number of hydrogen-bond acceptors (Lipinski definition) is 3. The van der Waals surface area contributed by atoms with Crippen LogP contribution < -0.4 is 5.73 Å². The maximum Gasteiger partial charge on any atom is 0.160 e. The Morgan fingerprint density at radius 1 is 1.53 bits per heavy atom. The van der Waals surface area contributed by atoms with Gasteiger partial charge in [0.15, 0.2) is 5.65 Å². The second-order valence-electron chi connectivity index (χ2n) is 4.21. The zero-order valence-electron chi connectivity index (χ0n) is 8.72. The SMILES string of the molecule is C[C@H](N)c1nc2cccnc2n1C1CC1. The summed E-state index contributed by atoms with van der Waals surface area (Å²) < 4.78 is 2.21. The lowest BCUT2D eigenvalue weighted by Crippen LogP contribution is -2.13. The van der Waals surface area contributed by atoms with Crippen molar-refractivity contribution in [3.05, 3.63) is 24.2 Å². The van der Waals surface area contributed by atoms with E-state index >= 15 is 0 Å². The Balaban J connectivity index is 2.28. The van der Waals surface area contributed by atoms with Crippen LogP contribution in [0.5, 0.6) is 0 Å². The molecule has 78 valence electrons. The molecule has 0 radical (unpaired) electrons. The van der Waals surface area contributed by atoms with Crippen molar-refractivity contribution in [3.8, 4) is 0 Å². The van der Waals surface area contributed by atoms with Crippen LogP contribution in [0.15, 0.2) is 18.3 Å². The molecule has 0 amide bonds. The van der Waals surface area contributed by atoms with Crippen molar-refractivity contribution in [2.24, 2.45) is 5.73 Å². The van der Waals surface area contributed by atoms with Gasteiger partial charge in [-0.1, -0.05) is 0 Å². The Morgan fingerprint density at radius 3 is 3.00 bits per heavy atom. The lowest BCUT2D eigenvalue weighted by molar-refractivity contribution is 0.635. The van der Waals surface area contributed by atoms with Gasteiger partial charge in [-0.05, 0) is 31.9 Å². The van der Waals surface area contributed by atoms with Gasteiger partial charge in [-0.3, -0.25) is 0 Å². The molecule has 1 aliphatic carbocycles. The average molecular weight is 202 g/mol. The van der Waals surface area contributed by atoms with Gasteiger partial charge in [-0.2, -0.15) is 0 Å². The molecule has 0 bridgehead atoms. The first-order chi connectivity index (χ1) is 7.27. The Bertz CT molecular complexity index is 496. The third-order valence-electron chi connectivity index (χ3n) is 2.80. The second kappa shape index (κ2) is 3.03. The molecule has 0 aliphatic heterocycles. The van der Waals surface area contributed by atoms with E-state index in [4.69, 9.17) is 5.73 Å². The van der Waals surface area contributed by atoms with Crippen molar-refractivity contribution in [2.75, 3.05) is 0 Å². The predicted molar refractivity (Wildman–Crippen MR) is 58.4 cm³/mol. The Hall–Kier alpha value is -1.42. The minimum Gasteiger partial charge on any atom is -0.322 e. The summed E-state index contributed by atoms with van der Waals surface area (Å²) in [5.41, 5.74) is 7.87. The third-order valence-corrected chi connectivity index (χ3v) is 2.80. The predicted octanol–water partition coefficient (Wildman–Crippen LogP) is 1.79. The summed E-state index contributed by atoms with van der Waals surface area (Å²) in [6, 6.07) is 4.45. The molecule has 1 aliphatic rings. The molecule has 2 N–H and O–H groups in total. The fraction of sp³-hybridized carbons (Fsp3) is 0.455. The van der Waals surface area contributed by atoms with Crippen LogP contribution in [0.2, 0.25) is 0 Å². The van der Waals surface area contributed by atoms with Gasteiger partial charge < -0.3 is 10.3 Å². The summed E-state index contributed by atoms with van der Waals surface area (Å²) in [5, 5.41) is 0. The van der Waals surface area contributed by atoms with Gasteiger partial charge in [0.1, 0.15) is 11.3 Å². The molecule has 4 nitrogen and oxygen atoms in total. The molecule has 2 heterocycles. The molecule has 1 fully saturated rings. The summed E-state index contributed by atoms with van der Waals surface area (Å²) in [4.78, 5) is 8.94. The zero-order chi connectivity index (χ0) is 10.4. The maximum atomic E-state index is 5.93. The molecule has 4 heteroatoms. The van der Waals surface area contributed by atoms with Gasteiger partial charge in [-0.15, -0.1) is 0 Å². The molecule has 2 aromatic rings. The molecule has 1 atom stereocenters. The number of aromatic nitrogens is 3. The number of hydrogen-bond donors (Lipinski definition) is 1. The lowest BCUT2D eigenvalue weighted by Gasteiger charge is -2.08. The van der Waals surface area contributed by atoms with E-state index in [9.17, 15) is 0 Å². The Morgan fingerprint density at radius 2 is 2.33 bits per heavy atom. The monoisotopic (exact) mass is 202 g/mol. The molecule has 2 aromatic heterocycles. The number of nitrogens with zero attached hydrogens (tertiary/aromatic N) is 3. The van der Waals surface area contributed by atoms with Crippen molar-refractivity contribution in [1.82, 2.24) is 14.5 Å². The summed E-state index contributed by atoms with van der Waals surface area (Å²) in [7, 11) is 0. The van der Waals surface area contributed by atoms with Crippen molar-refractivity contribution < 1.29 is 0 Å². The highest BCUT2D eigenvalue weighted by atomic mass is 15.2. The van der Waals surface area contributed by atoms with Gasteiger partial charge >= 0.3 is 0 Å². The summed E-state index contributed by atoms with van der Waals surface area (Å²) in [6.45, 7) is 1.97. The molecule has 1 saturated carbocycles. The zero-order valence-corrected chi connectivity index (χ0v) is 8.72. The van der Waals surface area contributed by atoms with E-state index < -0.39 is 0 Å². The lowest BCUT2D eigenvalue weighted by atomic mass is 10.3. The van der Waals surface area contributed by atoms with Crippen molar-refractivity contribution in [3.63, 3.8) is 0 Å². The van der Waals surface area contributed by atoms with E-state index in [1.807, 2.05) is 25.3 Å². The topological polar surface area (TPSA) is 56.7 Å². The van der Waals surface area contributed by atoms with Crippen LogP contribution in [0.4, 0.5) is 0 Å². The quantitative estimate of drug-likeness (QED) is 0.807. The number of pyridine rings is 1. The number of fused-ring (bicyclic) bond motifs is 1. The van der Waals surface area contributed by atoms with E-state index in [1.54, 1.807) is 0 Å². The van der Waals surface area contributed by atoms with Gasteiger partial charge in [0.05, 0.1) is 6.04 Å². The number of rotatable bonds is 2. The fourth-order valence-corrected chi connectivity index (χ4v) is 1.96. The molecular weight excluding hydrogens is 188 g/mol. The summed E-state index contributed by atoms with van der Waals surface area (Å²) in [6.07, 6.45) is 4.26. The first kappa shape index (κ1) is 8.85. The van der Waals surface area contributed by atoms with Crippen LogP contribution in [-0.4, -0.2) is 14.5 Å². The van der Waals surface area contributed by atoms with E-state index in [2.05, 4.69) is 14.5 Å². The first-order valence-corrected chi connectivity index (χ1v) is 5.36. The highest BCUT2D eigenvalue weighted by Gasteiger charge is 2.29. The maximum absolute atomic E-state index is 5.93. The standard InChI is InChI=1S/C11H14N4/c1-7(12)10-14-9-3-2-6-13-11(9)15(10)8-4-5-8/h2-3,6-8H,4-5,12H2,1H3/t7-/m0/s1. The van der Waals surface area contributed by atoms with Crippen LogP contribution in [0.25, 0.3) is 11.2 Å². The van der Waals surface area contributed by atoms with Crippen LogP contribution >= 0.6 is 0 Å². The highest BCUT2D eigenvalue weighted by molar-refractivity contribution is 5.71. The second-order valence-corrected chi connectivity index (χ2v) is 4.21. The van der Waals surface area contributed by atoms with Crippen molar-refractivity contribution >= 4 is 11.2 Å². The number of nitrogens with two attached hydrogens (primary N) is 1. The normalized spacial score (nSPS) is 18.3. The molecule has 3 rings (SSSR count). The van der Waals surface area contributed by atoms with E-state index in [0.717, 1.165) is 17.0 Å². The highest BCUT2D eigenvalue weighted by Crippen LogP contribution is 2.38. The van der Waals surface area contributed by atoms with Crippen LogP contribution in [0, 0.1) is 0 Å². The summed E-state index contributed by atoms with van der Waals surface area (Å²) >= 11 is 0. The largest absolute Gasteiger partial charge is 0.322 e. The molecule has 0 unspecified atom stereocenters. The molecular formula is C11H14N4. The smallest absolute Gasteiger partial charge is 0.160 e. The molecule has 0 aromatic carbocycles. The van der Waals surface area contributed by atoms with Crippen LogP contribution in [0.1, 0.15) is 37.7 Å². The van der Waals surface area contributed by atoms with Crippen molar-refractivity contribution in [2.45, 2.75) is 31.8 Å². The molecule has 15 heavy (non-hydrogen) atoms. The van der Waals surface area contributed by atoms with Gasteiger partial charge in [0.25, 0.3) is 0 Å². The van der Waals surface area contributed by atoms with E-state index in [-0.39, 0.29) is 6.04 Å². The first-order valence-electron chi connectivity index (χ1n) is 5.36. The number of imidazole rings is 1. The molecule has 0 spiro atoms. The average Bonchev–Trinajstić information content (AvgIpc) is 2.98. The van der Waals surface area contributed by atoms with Crippen LogP contribution in [-0.2, 0) is 0 Å². The van der Waals surface area contributed by atoms with Gasteiger partial charge in [-0.25, -0.2) is 9.97 Å². The Labute approximate surface area is 88.1 Å². The molecule has 0 saturated heterocycles. The van der Waals surface area contributed by atoms with Gasteiger partial charge in [0.2, 0.25) is 0 Å². The summed E-state index contributed by atoms with van der Waals surface area (Å²) in [5.74, 6) is 0.964. The fourth-order valence-electron chi connectivity index (χ4n) is 1.96. The van der Waals surface area contributed by atoms with Gasteiger partial charge in [0, 0.05) is 12.2 Å². The minimum atomic E-state index is -0.0280. The van der Waals surface area contributed by atoms with Crippen molar-refractivity contribution in [1.29, 1.82) is 0 Å². The Kier molecular flexibility index (Phi) is 1.79. The third kappa shape index (κ3) is 1.33. The van der Waals surface area contributed by atoms with Crippen LogP contribution in [0.3, 0.4) is 0 Å². The minimum absolute atomic E-state index is 0.0280. The van der Waals surface area contributed by atoms with E-state index in [1.165, 1.54) is 12.8 Å².